The van der Waals surface area contributed by atoms with Crippen LogP contribution in [-0.4, -0.2) is 22.3 Å². The minimum atomic E-state index is -4.67. The largest absolute Gasteiger partial charge is 0.527 e. The first-order chi connectivity index (χ1) is 6.78. The van der Waals surface area contributed by atoms with Crippen molar-refractivity contribution < 1.29 is 23.7 Å². The van der Waals surface area contributed by atoms with E-state index in [4.69, 9.17) is 9.79 Å². The lowest BCUT2D eigenvalue weighted by atomic mass is 10.7. The zero-order valence-electron chi connectivity index (χ0n) is 8.92. The molecule has 0 aromatic heterocycles. The van der Waals surface area contributed by atoms with Crippen molar-refractivity contribution in [1.29, 1.82) is 0 Å². The number of nitrogens with two attached hydrogens (primary N) is 1. The van der Waals surface area contributed by atoms with Crippen molar-refractivity contribution in [3.8, 4) is 0 Å². The van der Waals surface area contributed by atoms with E-state index in [0.29, 0.717) is 0 Å². The molecule has 0 aliphatic heterocycles. The average molecular weight is 239 g/mol. The van der Waals surface area contributed by atoms with Crippen LogP contribution in [0.25, 0.3) is 0 Å². The zero-order valence-corrected chi connectivity index (χ0v) is 9.81. The van der Waals surface area contributed by atoms with Crippen molar-refractivity contribution >= 4 is 13.8 Å². The maximum absolute atomic E-state index is 9.99. The summed E-state index contributed by atoms with van der Waals surface area (Å²) in [4.78, 5) is 25.9. The van der Waals surface area contributed by atoms with Gasteiger partial charge in [-0.25, -0.2) is 4.57 Å². The first-order valence-corrected chi connectivity index (χ1v) is 5.44. The number of hydrogen-bond acceptors (Lipinski definition) is 4. The lowest BCUT2D eigenvalue weighted by Gasteiger charge is -2.01. The van der Waals surface area contributed by atoms with E-state index >= 15 is 0 Å². The van der Waals surface area contributed by atoms with Gasteiger partial charge in [0.2, 0.25) is 0 Å². The van der Waals surface area contributed by atoms with Gasteiger partial charge in [-0.15, -0.1) is 13.2 Å². The molecule has 0 rings (SSSR count). The van der Waals surface area contributed by atoms with Crippen LogP contribution in [0.4, 0.5) is 0 Å². The summed E-state index contributed by atoms with van der Waals surface area (Å²) in [6, 6.07) is 0. The van der Waals surface area contributed by atoms with E-state index in [1.54, 1.807) is 12.2 Å². The van der Waals surface area contributed by atoms with E-state index < -0.39 is 20.3 Å². The second kappa shape index (κ2) is 13.1. The fraction of sp³-hybridized carbons (Fsp3) is 0.375. The molecule has 0 aromatic carbocycles. The number of phosphoric acid groups is 1. The monoisotopic (exact) mass is 239 g/mol. The SMILES string of the molecule is C=CC.C=CC.NCC(=O)OP(=O)(O)O. The van der Waals surface area contributed by atoms with Crippen molar-refractivity contribution in [2.24, 2.45) is 5.73 Å². The summed E-state index contributed by atoms with van der Waals surface area (Å²) in [6.45, 7) is 9.96. The minimum Gasteiger partial charge on any atom is -0.370 e. The second-order valence-corrected chi connectivity index (χ2v) is 3.14. The third kappa shape index (κ3) is 43.5. The van der Waals surface area contributed by atoms with Crippen LogP contribution in [-0.2, 0) is 13.9 Å². The molecule has 6 nitrogen and oxygen atoms in total. The Kier molecular flexibility index (Phi) is 17.1. The van der Waals surface area contributed by atoms with Crippen molar-refractivity contribution in [3.63, 3.8) is 0 Å². The predicted molar refractivity (Wildman–Crippen MR) is 58.9 cm³/mol. The van der Waals surface area contributed by atoms with Gasteiger partial charge in [-0.1, -0.05) is 12.2 Å². The highest BCUT2D eigenvalue weighted by molar-refractivity contribution is 7.46. The molecule has 0 spiro atoms. The molecule has 15 heavy (non-hydrogen) atoms. The van der Waals surface area contributed by atoms with Crippen LogP contribution in [0.1, 0.15) is 13.8 Å². The topological polar surface area (TPSA) is 110 Å². The predicted octanol–water partition coefficient (Wildman–Crippen LogP) is 0.966. The Labute approximate surface area is 89.7 Å². The van der Waals surface area contributed by atoms with E-state index in [1.807, 2.05) is 13.8 Å². The minimum absolute atomic E-state index is 0.537. The second-order valence-electron chi connectivity index (χ2n) is 1.97. The number of allylic oxidation sites excluding steroid dienone is 2. The molecule has 0 saturated heterocycles. The summed E-state index contributed by atoms with van der Waals surface area (Å²) >= 11 is 0. The fourth-order valence-electron chi connectivity index (χ4n) is 0.170. The van der Waals surface area contributed by atoms with E-state index in [9.17, 15) is 9.36 Å². The summed E-state index contributed by atoms with van der Waals surface area (Å²) in [5, 5.41) is 0. The molecule has 0 aliphatic carbocycles. The molecule has 0 fully saturated rings. The molecule has 0 saturated carbocycles. The maximum Gasteiger partial charge on any atom is 0.527 e. The fourth-order valence-corrected chi connectivity index (χ4v) is 0.510. The Hall–Kier alpha value is -0.940. The summed E-state index contributed by atoms with van der Waals surface area (Å²) in [7, 11) is -4.67. The zero-order chi connectivity index (χ0) is 12.9. The molecule has 0 unspecified atom stereocenters. The summed E-state index contributed by atoms with van der Waals surface area (Å²) in [5.41, 5.74) is 4.66. The number of carbonyl (C=O) groups excluding carboxylic acids is 1. The van der Waals surface area contributed by atoms with E-state index in [1.165, 1.54) is 0 Å². The molecule has 0 radical (unpaired) electrons. The van der Waals surface area contributed by atoms with Crippen LogP contribution in [0.2, 0.25) is 0 Å². The normalized spacial score (nSPS) is 8.33. The van der Waals surface area contributed by atoms with Gasteiger partial charge in [-0.3, -0.25) is 14.6 Å². The van der Waals surface area contributed by atoms with Gasteiger partial charge in [-0.2, -0.15) is 0 Å². The highest BCUT2D eigenvalue weighted by Crippen LogP contribution is 2.35. The van der Waals surface area contributed by atoms with Crippen LogP contribution in [0, 0.1) is 0 Å². The van der Waals surface area contributed by atoms with Crippen molar-refractivity contribution in [1.82, 2.24) is 0 Å². The standard InChI is InChI=1S/2C3H6.C2H6NO5P/c2*1-3-2;3-1-2(4)8-9(5,6)7/h2*3H,1H2,2H3;1,3H2,(H2,5,6,7). The third-order valence-electron chi connectivity index (χ3n) is 0.387. The molecule has 0 bridgehead atoms. The van der Waals surface area contributed by atoms with Crippen LogP contribution < -0.4 is 5.73 Å². The van der Waals surface area contributed by atoms with Gasteiger partial charge in [0.1, 0.15) is 0 Å². The van der Waals surface area contributed by atoms with Crippen LogP contribution >= 0.6 is 7.82 Å². The Morgan fingerprint density at radius 2 is 1.67 bits per heavy atom. The first-order valence-electron chi connectivity index (χ1n) is 3.91. The van der Waals surface area contributed by atoms with E-state index in [0.717, 1.165) is 0 Å². The van der Waals surface area contributed by atoms with Gasteiger partial charge in [0.15, 0.2) is 0 Å². The van der Waals surface area contributed by atoms with Crippen molar-refractivity contribution in [2.45, 2.75) is 13.8 Å². The highest BCUT2D eigenvalue weighted by atomic mass is 31.2. The van der Waals surface area contributed by atoms with Gasteiger partial charge >= 0.3 is 13.8 Å². The number of carbonyl (C=O) groups is 1. The van der Waals surface area contributed by atoms with Gasteiger partial charge in [0, 0.05) is 0 Å². The quantitative estimate of drug-likeness (QED) is 0.489. The molecule has 90 valence electrons. The molecule has 7 heteroatoms. The van der Waals surface area contributed by atoms with E-state index in [2.05, 4.69) is 23.4 Å². The lowest BCUT2D eigenvalue weighted by molar-refractivity contribution is -0.134. The molecule has 0 amide bonds. The Morgan fingerprint density at radius 1 is 1.40 bits per heavy atom. The number of hydrogen-bond donors (Lipinski definition) is 3. The van der Waals surface area contributed by atoms with Gasteiger partial charge in [0.05, 0.1) is 6.54 Å². The van der Waals surface area contributed by atoms with Crippen LogP contribution in [0.5, 0.6) is 0 Å². The number of phosphoric ester groups is 1. The lowest BCUT2D eigenvalue weighted by Crippen LogP contribution is -2.15. The molecule has 0 heterocycles. The van der Waals surface area contributed by atoms with E-state index in [-0.39, 0.29) is 0 Å². The van der Waals surface area contributed by atoms with Gasteiger partial charge in [0.25, 0.3) is 0 Å². The summed E-state index contributed by atoms with van der Waals surface area (Å²) < 4.78 is 13.3. The average Bonchev–Trinajstić information content (AvgIpc) is 2.04. The Balaban J connectivity index is -0.000000200. The van der Waals surface area contributed by atoms with Crippen LogP contribution in [0.15, 0.2) is 25.3 Å². The molecule has 0 atom stereocenters. The third-order valence-corrected chi connectivity index (χ3v) is 0.829. The summed E-state index contributed by atoms with van der Waals surface area (Å²) in [6.07, 6.45) is 3.50. The molecular formula is C8H18NO5P. The molecule has 0 aliphatic rings. The van der Waals surface area contributed by atoms with Crippen LogP contribution in [0.3, 0.4) is 0 Å². The van der Waals surface area contributed by atoms with Crippen molar-refractivity contribution in [2.75, 3.05) is 6.54 Å². The smallest absolute Gasteiger partial charge is 0.370 e. The maximum atomic E-state index is 9.99. The van der Waals surface area contributed by atoms with Crippen molar-refractivity contribution in [3.05, 3.63) is 25.3 Å². The van der Waals surface area contributed by atoms with Gasteiger partial charge < -0.3 is 10.3 Å². The molecule has 0 aromatic rings. The first kappa shape index (κ1) is 19.6. The summed E-state index contributed by atoms with van der Waals surface area (Å²) in [5.74, 6) is -1.12. The Morgan fingerprint density at radius 3 is 1.73 bits per heavy atom. The highest BCUT2D eigenvalue weighted by Gasteiger charge is 2.18. The Bertz CT molecular complexity index is 217. The van der Waals surface area contributed by atoms with Gasteiger partial charge in [-0.05, 0) is 13.8 Å². The molecule has 4 N–H and O–H groups in total. The number of rotatable bonds is 2. The molecular weight excluding hydrogens is 221 g/mol.